The fourth-order valence-corrected chi connectivity index (χ4v) is 4.11. The van der Waals surface area contributed by atoms with Gasteiger partial charge in [0.25, 0.3) is 11.5 Å². The van der Waals surface area contributed by atoms with Crippen LogP contribution >= 0.6 is 0 Å². The predicted molar refractivity (Wildman–Crippen MR) is 115 cm³/mol. The highest BCUT2D eigenvalue weighted by Crippen LogP contribution is 2.33. The molecule has 1 aliphatic heterocycles. The van der Waals surface area contributed by atoms with E-state index in [4.69, 9.17) is 0 Å². The minimum absolute atomic E-state index is 0.158. The standard InChI is InChI=1S/C22H26FN5O3/c1-12-13(2)24-20-11-18(26-28(20)21(12)30)19-6-4-5-9-27(19)22(31)16-10-15(23)7-8-17(16)25-14(3)29/h7-8,10-11,14,19,25-26,29H,4-6,9H2,1-3H3. The number of hydrogen-bond acceptors (Lipinski definition) is 5. The van der Waals surface area contributed by atoms with Gasteiger partial charge in [-0.3, -0.25) is 14.7 Å². The topological polar surface area (TPSA) is 103 Å². The minimum atomic E-state index is -0.896. The van der Waals surface area contributed by atoms with E-state index in [0.717, 1.165) is 12.8 Å². The van der Waals surface area contributed by atoms with Crippen molar-refractivity contribution in [1.29, 1.82) is 0 Å². The molecule has 0 aliphatic carbocycles. The summed E-state index contributed by atoms with van der Waals surface area (Å²) in [5.74, 6) is -0.862. The van der Waals surface area contributed by atoms with E-state index in [1.165, 1.54) is 29.6 Å². The molecular formula is C22H26FN5O3. The van der Waals surface area contributed by atoms with Gasteiger partial charge in [-0.25, -0.2) is 13.9 Å². The fourth-order valence-electron chi connectivity index (χ4n) is 4.11. The van der Waals surface area contributed by atoms with Gasteiger partial charge in [-0.15, -0.1) is 0 Å². The van der Waals surface area contributed by atoms with E-state index in [-0.39, 0.29) is 23.1 Å². The Hall–Kier alpha value is -3.20. The molecule has 8 nitrogen and oxygen atoms in total. The van der Waals surface area contributed by atoms with Gasteiger partial charge in [-0.2, -0.15) is 0 Å². The van der Waals surface area contributed by atoms with Crippen molar-refractivity contribution in [2.45, 2.75) is 52.3 Å². The van der Waals surface area contributed by atoms with Gasteiger partial charge in [0.2, 0.25) is 0 Å². The normalized spacial score (nSPS) is 17.7. The number of aromatic nitrogens is 3. The Morgan fingerprint density at radius 3 is 2.84 bits per heavy atom. The number of fused-ring (bicyclic) bond motifs is 1. The van der Waals surface area contributed by atoms with Crippen LogP contribution in [0.5, 0.6) is 0 Å². The Balaban J connectivity index is 1.74. The third kappa shape index (κ3) is 3.93. The third-order valence-electron chi connectivity index (χ3n) is 5.80. The second kappa shape index (κ2) is 8.14. The quantitative estimate of drug-likeness (QED) is 0.556. The average molecular weight is 427 g/mol. The van der Waals surface area contributed by atoms with Crippen LogP contribution in [0.15, 0.2) is 29.1 Å². The number of amides is 1. The smallest absolute Gasteiger partial charge is 0.275 e. The second-order valence-electron chi connectivity index (χ2n) is 8.05. The van der Waals surface area contributed by atoms with Crippen LogP contribution in [0.2, 0.25) is 0 Å². The molecule has 1 aromatic carbocycles. The summed E-state index contributed by atoms with van der Waals surface area (Å²) in [5, 5.41) is 15.6. The number of likely N-dealkylation sites (tertiary alicyclic amines) is 1. The highest BCUT2D eigenvalue weighted by atomic mass is 19.1. The number of piperidine rings is 1. The molecule has 1 fully saturated rings. The van der Waals surface area contributed by atoms with Crippen molar-refractivity contribution in [2.75, 3.05) is 11.9 Å². The largest absolute Gasteiger partial charge is 0.374 e. The molecule has 9 heteroatoms. The lowest BCUT2D eigenvalue weighted by molar-refractivity contribution is 0.0606. The number of benzene rings is 1. The fraction of sp³-hybridized carbons (Fsp3) is 0.409. The Morgan fingerprint density at radius 2 is 2.10 bits per heavy atom. The highest BCUT2D eigenvalue weighted by molar-refractivity contribution is 6.00. The summed E-state index contributed by atoms with van der Waals surface area (Å²) in [4.78, 5) is 32.2. The Bertz CT molecular complexity index is 1200. The van der Waals surface area contributed by atoms with Crippen molar-refractivity contribution < 1.29 is 14.3 Å². The van der Waals surface area contributed by atoms with E-state index in [0.29, 0.717) is 41.3 Å². The number of nitrogens with zero attached hydrogens (tertiary/aromatic N) is 3. The van der Waals surface area contributed by atoms with Gasteiger partial charge < -0.3 is 15.3 Å². The van der Waals surface area contributed by atoms with Crippen LogP contribution in [0.4, 0.5) is 10.1 Å². The maximum Gasteiger partial charge on any atom is 0.275 e. The monoisotopic (exact) mass is 427 g/mol. The van der Waals surface area contributed by atoms with E-state index in [2.05, 4.69) is 15.4 Å². The van der Waals surface area contributed by atoms with Crippen molar-refractivity contribution in [3.8, 4) is 0 Å². The minimum Gasteiger partial charge on any atom is -0.374 e. The van der Waals surface area contributed by atoms with Gasteiger partial charge in [-0.05, 0) is 58.2 Å². The first-order valence-corrected chi connectivity index (χ1v) is 10.4. The molecule has 0 radical (unpaired) electrons. The number of carbonyl (C=O) groups is 1. The number of aromatic amines is 1. The Labute approximate surface area is 178 Å². The molecular weight excluding hydrogens is 401 g/mol. The first-order chi connectivity index (χ1) is 14.8. The number of aliphatic hydroxyl groups excluding tert-OH is 1. The second-order valence-corrected chi connectivity index (χ2v) is 8.05. The SMILES string of the molecule is Cc1nc2cc(C3CCCCN3C(=O)c3cc(F)ccc3NC(C)O)[nH]n2c(=O)c1C. The molecule has 4 rings (SSSR count). The van der Waals surface area contributed by atoms with Crippen LogP contribution < -0.4 is 10.9 Å². The van der Waals surface area contributed by atoms with Gasteiger partial charge in [0.15, 0.2) is 5.65 Å². The van der Waals surface area contributed by atoms with Crippen molar-refractivity contribution in [2.24, 2.45) is 0 Å². The summed E-state index contributed by atoms with van der Waals surface area (Å²) in [5.41, 5.74) is 2.80. The number of rotatable bonds is 4. The maximum atomic E-state index is 14.0. The number of H-pyrrole nitrogens is 1. The number of anilines is 1. The van der Waals surface area contributed by atoms with Crippen LogP contribution in [0.3, 0.4) is 0 Å². The summed E-state index contributed by atoms with van der Waals surface area (Å²) in [6.45, 7) is 5.56. The van der Waals surface area contributed by atoms with Crippen molar-refractivity contribution >= 4 is 17.2 Å². The zero-order valence-electron chi connectivity index (χ0n) is 17.8. The summed E-state index contributed by atoms with van der Waals surface area (Å²) in [6, 6.07) is 5.38. The van der Waals surface area contributed by atoms with Gasteiger partial charge in [-0.1, -0.05) is 0 Å². The molecule has 1 saturated heterocycles. The van der Waals surface area contributed by atoms with E-state index in [1.54, 1.807) is 24.8 Å². The molecule has 2 unspecified atom stereocenters. The number of aliphatic hydroxyl groups is 1. The maximum absolute atomic E-state index is 14.0. The van der Waals surface area contributed by atoms with Crippen LogP contribution in [0.1, 0.15) is 59.5 Å². The van der Waals surface area contributed by atoms with E-state index >= 15 is 0 Å². The third-order valence-corrected chi connectivity index (χ3v) is 5.80. The molecule has 0 saturated carbocycles. The predicted octanol–water partition coefficient (Wildman–Crippen LogP) is 2.90. The van der Waals surface area contributed by atoms with Gasteiger partial charge in [0, 0.05) is 29.6 Å². The molecule has 3 N–H and O–H groups in total. The number of hydrogen-bond donors (Lipinski definition) is 3. The molecule has 0 spiro atoms. The summed E-state index contributed by atoms with van der Waals surface area (Å²) in [7, 11) is 0. The van der Waals surface area contributed by atoms with Gasteiger partial charge >= 0.3 is 0 Å². The first-order valence-electron chi connectivity index (χ1n) is 10.4. The molecule has 31 heavy (non-hydrogen) atoms. The lowest BCUT2D eigenvalue weighted by Crippen LogP contribution is -2.39. The van der Waals surface area contributed by atoms with Crippen molar-refractivity contribution in [3.63, 3.8) is 0 Å². The van der Waals surface area contributed by atoms with Crippen molar-refractivity contribution in [1.82, 2.24) is 19.5 Å². The van der Waals surface area contributed by atoms with Crippen LogP contribution in [-0.4, -0.2) is 43.3 Å². The van der Waals surface area contributed by atoms with Gasteiger partial charge in [0.1, 0.15) is 12.0 Å². The van der Waals surface area contributed by atoms with Crippen LogP contribution in [0, 0.1) is 19.7 Å². The molecule has 0 bridgehead atoms. The lowest BCUT2D eigenvalue weighted by atomic mass is 9.97. The van der Waals surface area contributed by atoms with Crippen LogP contribution in [-0.2, 0) is 0 Å². The average Bonchev–Trinajstić information content (AvgIpc) is 3.16. The summed E-state index contributed by atoms with van der Waals surface area (Å²) < 4.78 is 15.4. The summed E-state index contributed by atoms with van der Waals surface area (Å²) >= 11 is 0. The number of halogens is 1. The number of carbonyl (C=O) groups excluding carboxylic acids is 1. The lowest BCUT2D eigenvalue weighted by Gasteiger charge is -2.35. The summed E-state index contributed by atoms with van der Waals surface area (Å²) in [6.07, 6.45) is 1.56. The Kier molecular flexibility index (Phi) is 5.53. The molecule has 164 valence electrons. The molecule has 3 heterocycles. The first kappa shape index (κ1) is 21.0. The molecule has 2 aromatic heterocycles. The van der Waals surface area contributed by atoms with Gasteiger partial charge in [0.05, 0.1) is 17.3 Å². The van der Waals surface area contributed by atoms with Crippen LogP contribution in [0.25, 0.3) is 5.65 Å². The molecule has 1 amide bonds. The van der Waals surface area contributed by atoms with E-state index in [9.17, 15) is 19.1 Å². The van der Waals surface area contributed by atoms with Crippen molar-refractivity contribution in [3.05, 3.63) is 63.0 Å². The van der Waals surface area contributed by atoms with E-state index < -0.39 is 12.0 Å². The zero-order chi connectivity index (χ0) is 22.3. The number of nitrogens with one attached hydrogen (secondary N) is 2. The number of aryl methyl sites for hydroxylation is 1. The molecule has 2 atom stereocenters. The zero-order valence-corrected chi connectivity index (χ0v) is 17.8. The molecule has 3 aromatic rings. The van der Waals surface area contributed by atoms with E-state index in [1.807, 2.05) is 0 Å². The molecule has 1 aliphatic rings. The Morgan fingerprint density at radius 1 is 1.32 bits per heavy atom. The highest BCUT2D eigenvalue weighted by Gasteiger charge is 2.31.